The maximum Gasteiger partial charge on any atom is 0.265 e. The molecule has 0 unspecified atom stereocenters. The number of ether oxygens (including phenoxy) is 2. The summed E-state index contributed by atoms with van der Waals surface area (Å²) in [5.74, 6) is -0.0799. The molecule has 2 atom stereocenters. The van der Waals surface area contributed by atoms with E-state index in [1.54, 1.807) is 38.1 Å². The summed E-state index contributed by atoms with van der Waals surface area (Å²) in [6.07, 6.45) is 0.174. The Hall–Kier alpha value is -2.82. The molecule has 0 aliphatic carbocycles. The summed E-state index contributed by atoms with van der Waals surface area (Å²) >= 11 is 6.04. The third kappa shape index (κ3) is 4.38. The van der Waals surface area contributed by atoms with E-state index >= 15 is 0 Å². The second-order valence-electron chi connectivity index (χ2n) is 7.97. The quantitative estimate of drug-likeness (QED) is 0.661. The third-order valence-corrected chi connectivity index (χ3v) is 8.01. The molecule has 176 valence electrons. The molecule has 2 aromatic carbocycles. The zero-order valence-corrected chi connectivity index (χ0v) is 19.9. The minimum atomic E-state index is -4.02. The second-order valence-corrected chi connectivity index (χ2v) is 10.3. The Kier molecular flexibility index (Phi) is 6.26. The lowest BCUT2D eigenvalue weighted by Gasteiger charge is -2.27. The standard InChI is InChI=1S/C22H24ClN3O6S/c1-12-9-15-19(32-13(2)21(27)24-15)11-20(12)33(29,30)26-8-4-5-17(26)22(28)25-16-10-14(23)6-7-18(16)31-3/h6-7,9-11,13,17H,4-5,8H2,1-3H3,(H,24,27)(H,25,28)/t13-,17-/m0/s1. The first-order chi connectivity index (χ1) is 15.6. The molecular weight excluding hydrogens is 470 g/mol. The van der Waals surface area contributed by atoms with Crippen LogP contribution in [0.3, 0.4) is 0 Å². The van der Waals surface area contributed by atoms with Crippen LogP contribution in [0.2, 0.25) is 5.02 Å². The van der Waals surface area contributed by atoms with Crippen LogP contribution in [0.1, 0.15) is 25.3 Å². The smallest absolute Gasteiger partial charge is 0.265 e. The van der Waals surface area contributed by atoms with Gasteiger partial charge in [0.15, 0.2) is 6.10 Å². The van der Waals surface area contributed by atoms with Crippen molar-refractivity contribution in [2.24, 2.45) is 0 Å². The third-order valence-electron chi connectivity index (χ3n) is 5.72. The predicted molar refractivity (Wildman–Crippen MR) is 123 cm³/mol. The summed E-state index contributed by atoms with van der Waals surface area (Å²) in [5.41, 5.74) is 1.22. The number of halogens is 1. The number of fused-ring (bicyclic) bond motifs is 1. The molecule has 9 nitrogen and oxygen atoms in total. The van der Waals surface area contributed by atoms with Crippen molar-refractivity contribution in [1.82, 2.24) is 4.31 Å². The van der Waals surface area contributed by atoms with Crippen molar-refractivity contribution in [1.29, 1.82) is 0 Å². The van der Waals surface area contributed by atoms with Gasteiger partial charge in [-0.2, -0.15) is 4.31 Å². The van der Waals surface area contributed by atoms with Crippen LogP contribution >= 0.6 is 11.6 Å². The van der Waals surface area contributed by atoms with E-state index in [2.05, 4.69) is 10.6 Å². The molecule has 2 aromatic rings. The minimum Gasteiger partial charge on any atom is -0.495 e. The first kappa shape index (κ1) is 23.3. The van der Waals surface area contributed by atoms with Gasteiger partial charge in [0.1, 0.15) is 17.5 Å². The monoisotopic (exact) mass is 493 g/mol. The molecule has 0 aromatic heterocycles. The van der Waals surface area contributed by atoms with E-state index in [0.29, 0.717) is 40.6 Å². The number of carbonyl (C=O) groups excluding carboxylic acids is 2. The van der Waals surface area contributed by atoms with Gasteiger partial charge in [0.2, 0.25) is 15.9 Å². The summed E-state index contributed by atoms with van der Waals surface area (Å²) in [4.78, 5) is 25.0. The number of benzene rings is 2. The van der Waals surface area contributed by atoms with Crippen molar-refractivity contribution >= 4 is 44.8 Å². The molecule has 11 heteroatoms. The molecule has 1 saturated heterocycles. The fourth-order valence-corrected chi connectivity index (χ4v) is 6.08. The Morgan fingerprint density at radius 2 is 2.06 bits per heavy atom. The number of aryl methyl sites for hydroxylation is 1. The van der Waals surface area contributed by atoms with Crippen LogP contribution in [0.15, 0.2) is 35.2 Å². The SMILES string of the molecule is COc1ccc(Cl)cc1NC(=O)[C@@H]1CCCN1S(=O)(=O)c1cc2c(cc1C)NC(=O)[C@H](C)O2. The average Bonchev–Trinajstić information content (AvgIpc) is 3.26. The Bertz CT molecular complexity index is 1230. The summed E-state index contributed by atoms with van der Waals surface area (Å²) in [7, 11) is -2.55. The number of rotatable bonds is 5. The average molecular weight is 494 g/mol. The van der Waals surface area contributed by atoms with Gasteiger partial charge in [-0.15, -0.1) is 0 Å². The predicted octanol–water partition coefficient (Wildman–Crippen LogP) is 3.17. The number of methoxy groups -OCH3 is 1. The van der Waals surface area contributed by atoms with Gasteiger partial charge < -0.3 is 20.1 Å². The number of nitrogens with one attached hydrogen (secondary N) is 2. The molecule has 2 aliphatic heterocycles. The highest BCUT2D eigenvalue weighted by molar-refractivity contribution is 7.89. The number of anilines is 2. The van der Waals surface area contributed by atoms with Gasteiger partial charge >= 0.3 is 0 Å². The number of nitrogens with zero attached hydrogens (tertiary/aromatic N) is 1. The van der Waals surface area contributed by atoms with E-state index in [1.165, 1.54) is 17.5 Å². The van der Waals surface area contributed by atoms with Gasteiger partial charge in [-0.3, -0.25) is 9.59 Å². The summed E-state index contributed by atoms with van der Waals surface area (Å²) in [6.45, 7) is 3.42. The Morgan fingerprint density at radius 3 is 2.79 bits per heavy atom. The van der Waals surface area contributed by atoms with Gasteiger partial charge in [-0.1, -0.05) is 11.6 Å². The molecule has 0 spiro atoms. The van der Waals surface area contributed by atoms with Crippen molar-refractivity contribution in [3.05, 3.63) is 40.9 Å². The highest BCUT2D eigenvalue weighted by Gasteiger charge is 2.41. The van der Waals surface area contributed by atoms with E-state index in [0.717, 1.165) is 0 Å². The van der Waals surface area contributed by atoms with E-state index in [9.17, 15) is 18.0 Å². The first-order valence-corrected chi connectivity index (χ1v) is 12.2. The molecule has 2 heterocycles. The topological polar surface area (TPSA) is 114 Å². The van der Waals surface area contributed by atoms with E-state index in [-0.39, 0.29) is 23.1 Å². The molecule has 0 bridgehead atoms. The van der Waals surface area contributed by atoms with Crippen LogP contribution in [0.4, 0.5) is 11.4 Å². The van der Waals surface area contributed by atoms with Gasteiger partial charge in [0.25, 0.3) is 5.91 Å². The summed E-state index contributed by atoms with van der Waals surface area (Å²) in [6, 6.07) is 6.88. The highest BCUT2D eigenvalue weighted by atomic mass is 35.5. The lowest BCUT2D eigenvalue weighted by molar-refractivity contribution is -0.122. The maximum absolute atomic E-state index is 13.6. The van der Waals surface area contributed by atoms with Crippen LogP contribution in [0.25, 0.3) is 0 Å². The van der Waals surface area contributed by atoms with Crippen LogP contribution in [-0.4, -0.2) is 50.3 Å². The van der Waals surface area contributed by atoms with Gasteiger partial charge in [0.05, 0.1) is 23.4 Å². The number of amides is 2. The number of sulfonamides is 1. The molecule has 1 fully saturated rings. The highest BCUT2D eigenvalue weighted by Crippen LogP contribution is 2.37. The van der Waals surface area contributed by atoms with E-state index in [1.807, 2.05) is 0 Å². The summed E-state index contributed by atoms with van der Waals surface area (Å²) in [5, 5.41) is 5.87. The molecule has 0 radical (unpaired) electrons. The molecule has 4 rings (SSSR count). The van der Waals surface area contributed by atoms with Crippen molar-refractivity contribution in [2.45, 2.75) is 43.7 Å². The summed E-state index contributed by atoms with van der Waals surface area (Å²) < 4.78 is 39.2. The maximum atomic E-state index is 13.6. The largest absolute Gasteiger partial charge is 0.495 e. The van der Waals surface area contributed by atoms with E-state index < -0.39 is 28.1 Å². The fraction of sp³-hybridized carbons (Fsp3) is 0.364. The lowest BCUT2D eigenvalue weighted by atomic mass is 10.1. The molecular formula is C22H24ClN3O6S. The van der Waals surface area contributed by atoms with Gasteiger partial charge in [0, 0.05) is 17.6 Å². The van der Waals surface area contributed by atoms with Crippen molar-refractivity contribution < 1.29 is 27.5 Å². The van der Waals surface area contributed by atoms with Crippen molar-refractivity contribution in [3.63, 3.8) is 0 Å². The Balaban J connectivity index is 1.63. The van der Waals surface area contributed by atoms with E-state index in [4.69, 9.17) is 21.1 Å². The van der Waals surface area contributed by atoms with Crippen LogP contribution in [0.5, 0.6) is 11.5 Å². The van der Waals surface area contributed by atoms with Crippen LogP contribution in [0, 0.1) is 6.92 Å². The molecule has 2 aliphatic rings. The van der Waals surface area contributed by atoms with Crippen molar-refractivity contribution in [2.75, 3.05) is 24.3 Å². The molecule has 2 N–H and O–H groups in total. The molecule has 0 saturated carbocycles. The first-order valence-electron chi connectivity index (χ1n) is 10.4. The molecule has 33 heavy (non-hydrogen) atoms. The lowest BCUT2D eigenvalue weighted by Crippen LogP contribution is -2.43. The Morgan fingerprint density at radius 1 is 1.30 bits per heavy atom. The van der Waals surface area contributed by atoms with Crippen molar-refractivity contribution in [3.8, 4) is 11.5 Å². The zero-order chi connectivity index (χ0) is 23.9. The number of hydrogen-bond acceptors (Lipinski definition) is 6. The minimum absolute atomic E-state index is 0.0321. The van der Waals surface area contributed by atoms with Crippen LogP contribution in [-0.2, 0) is 19.6 Å². The molecule has 2 amide bonds. The van der Waals surface area contributed by atoms with Gasteiger partial charge in [-0.25, -0.2) is 8.42 Å². The fourth-order valence-electron chi connectivity index (χ4n) is 4.03. The number of hydrogen-bond donors (Lipinski definition) is 2. The van der Waals surface area contributed by atoms with Crippen LogP contribution < -0.4 is 20.1 Å². The Labute approximate surface area is 197 Å². The zero-order valence-electron chi connectivity index (χ0n) is 18.3. The normalized spacial score (nSPS) is 20.5. The second kappa shape index (κ2) is 8.85. The van der Waals surface area contributed by atoms with Gasteiger partial charge in [-0.05, 0) is 56.5 Å². The number of carbonyl (C=O) groups is 2.